The van der Waals surface area contributed by atoms with Gasteiger partial charge in [0.15, 0.2) is 0 Å². The van der Waals surface area contributed by atoms with Gasteiger partial charge in [0.05, 0.1) is 0 Å². The number of benzene rings is 1. The molecule has 0 heteroatoms. The lowest BCUT2D eigenvalue weighted by atomic mass is 10.0. The van der Waals surface area contributed by atoms with E-state index in [-0.39, 0.29) is 0 Å². The molecule has 3 rings (SSSR count). The van der Waals surface area contributed by atoms with Gasteiger partial charge in [-0.1, -0.05) is 29.8 Å². The van der Waals surface area contributed by atoms with Gasteiger partial charge in [-0.05, 0) is 41.7 Å². The topological polar surface area (TPSA) is 0 Å². The molecule has 2 aliphatic carbocycles. The summed E-state index contributed by atoms with van der Waals surface area (Å²) in [4.78, 5) is 0. The molecule has 12 heavy (non-hydrogen) atoms. The van der Waals surface area contributed by atoms with Crippen molar-refractivity contribution in [2.24, 2.45) is 0 Å². The zero-order valence-corrected chi connectivity index (χ0v) is 7.14. The fourth-order valence-corrected chi connectivity index (χ4v) is 2.49. The lowest BCUT2D eigenvalue weighted by molar-refractivity contribution is 0.990. The van der Waals surface area contributed by atoms with Crippen LogP contribution in [0.3, 0.4) is 0 Å². The van der Waals surface area contributed by atoms with E-state index in [0.29, 0.717) is 0 Å². The zero-order valence-electron chi connectivity index (χ0n) is 7.14. The molecule has 0 bridgehead atoms. The fourth-order valence-electron chi connectivity index (χ4n) is 2.49. The lowest BCUT2D eigenvalue weighted by Crippen LogP contribution is -2.29. The van der Waals surface area contributed by atoms with Crippen LogP contribution in [-0.2, 0) is 6.42 Å². The van der Waals surface area contributed by atoms with Gasteiger partial charge in [-0.15, -0.1) is 0 Å². The molecule has 60 valence electrons. The van der Waals surface area contributed by atoms with Gasteiger partial charge in [0.2, 0.25) is 0 Å². The first-order valence-electron chi connectivity index (χ1n) is 4.75. The zero-order chi connectivity index (χ0) is 7.97. The van der Waals surface area contributed by atoms with E-state index in [1.54, 1.807) is 16.4 Å². The van der Waals surface area contributed by atoms with E-state index < -0.39 is 0 Å². The average molecular weight is 156 g/mol. The second-order valence-corrected chi connectivity index (χ2v) is 3.73. The summed E-state index contributed by atoms with van der Waals surface area (Å²) in [7, 11) is 0. The summed E-state index contributed by atoms with van der Waals surface area (Å²) in [5, 5.41) is 3.09. The minimum Gasteiger partial charge on any atom is -0.0763 e. The van der Waals surface area contributed by atoms with Gasteiger partial charge in [-0.2, -0.15) is 0 Å². The van der Waals surface area contributed by atoms with E-state index in [9.17, 15) is 0 Å². The lowest BCUT2D eigenvalue weighted by Gasteiger charge is -2.04. The predicted octanol–water partition coefficient (Wildman–Crippen LogP) is 1.36. The third-order valence-corrected chi connectivity index (χ3v) is 3.04. The smallest absolute Gasteiger partial charge is 0.0163 e. The van der Waals surface area contributed by atoms with Gasteiger partial charge >= 0.3 is 0 Å². The van der Waals surface area contributed by atoms with Gasteiger partial charge < -0.3 is 0 Å². The summed E-state index contributed by atoms with van der Waals surface area (Å²) in [6, 6.07) is 6.73. The second kappa shape index (κ2) is 2.22. The second-order valence-electron chi connectivity index (χ2n) is 3.73. The van der Waals surface area contributed by atoms with Crippen molar-refractivity contribution in [2.45, 2.75) is 25.7 Å². The molecule has 0 radical (unpaired) electrons. The van der Waals surface area contributed by atoms with Crippen molar-refractivity contribution in [2.75, 3.05) is 0 Å². The molecule has 0 saturated carbocycles. The first-order valence-corrected chi connectivity index (χ1v) is 4.75. The number of aryl methyl sites for hydroxylation is 1. The Hall–Kier alpha value is -1.04. The summed E-state index contributed by atoms with van der Waals surface area (Å²) >= 11 is 0. The highest BCUT2D eigenvalue weighted by molar-refractivity contribution is 5.57. The monoisotopic (exact) mass is 156 g/mol. The molecule has 0 aromatic heterocycles. The van der Waals surface area contributed by atoms with Crippen LogP contribution in [0.5, 0.6) is 0 Å². The maximum atomic E-state index is 2.38. The van der Waals surface area contributed by atoms with Crippen molar-refractivity contribution in [1.82, 2.24) is 0 Å². The molecule has 0 unspecified atom stereocenters. The average Bonchev–Trinajstić information content (AvgIpc) is 2.52. The highest BCUT2D eigenvalue weighted by Crippen LogP contribution is 2.19. The van der Waals surface area contributed by atoms with E-state index in [0.717, 1.165) is 0 Å². The van der Waals surface area contributed by atoms with Crippen LogP contribution in [0.25, 0.3) is 11.6 Å². The summed E-state index contributed by atoms with van der Waals surface area (Å²) in [6.45, 7) is 0. The number of hydrogen-bond donors (Lipinski definition) is 0. The Kier molecular flexibility index (Phi) is 1.20. The summed E-state index contributed by atoms with van der Waals surface area (Å²) < 4.78 is 0. The summed E-state index contributed by atoms with van der Waals surface area (Å²) in [5.41, 5.74) is 3.29. The Balaban J connectivity index is 2.55. The molecule has 0 amide bonds. The Labute approximate surface area is 72.2 Å². The van der Waals surface area contributed by atoms with Crippen LogP contribution in [0.4, 0.5) is 0 Å². The molecule has 0 aliphatic heterocycles. The molecular weight excluding hydrogens is 144 g/mol. The van der Waals surface area contributed by atoms with Crippen LogP contribution in [0, 0.1) is 0 Å². The number of rotatable bonds is 0. The van der Waals surface area contributed by atoms with Crippen molar-refractivity contribution in [3.05, 3.63) is 34.2 Å². The Morgan fingerprint density at radius 1 is 1.00 bits per heavy atom. The highest BCUT2D eigenvalue weighted by Gasteiger charge is 2.13. The van der Waals surface area contributed by atoms with Crippen molar-refractivity contribution >= 4 is 11.6 Å². The number of hydrogen-bond acceptors (Lipinski definition) is 0. The molecule has 0 heterocycles. The summed E-state index contributed by atoms with van der Waals surface area (Å²) in [6.07, 6.45) is 7.55. The van der Waals surface area contributed by atoms with E-state index in [1.807, 2.05) is 0 Å². The third kappa shape index (κ3) is 0.726. The van der Waals surface area contributed by atoms with Crippen LogP contribution >= 0.6 is 0 Å². The molecule has 0 N–H and O–H groups in total. The van der Waals surface area contributed by atoms with Gasteiger partial charge in [0.25, 0.3) is 0 Å². The van der Waals surface area contributed by atoms with Crippen molar-refractivity contribution in [3.8, 4) is 0 Å². The first kappa shape index (κ1) is 6.47. The quantitative estimate of drug-likeness (QED) is 0.532. The van der Waals surface area contributed by atoms with E-state index in [1.165, 1.54) is 30.9 Å². The Bertz CT molecular complexity index is 438. The molecule has 0 atom stereocenters. The van der Waals surface area contributed by atoms with Crippen LogP contribution in [0.2, 0.25) is 0 Å². The standard InChI is InChI=1S/C12H12/c1-3-9-4-2-6-11-8-7-10(5-1)12(9)11/h1,3-5H,2,6-8H2. The van der Waals surface area contributed by atoms with Crippen LogP contribution in [-0.4, -0.2) is 0 Å². The third-order valence-electron chi connectivity index (χ3n) is 3.04. The molecule has 0 saturated heterocycles. The molecule has 0 nitrogen and oxygen atoms in total. The molecule has 1 aromatic carbocycles. The van der Waals surface area contributed by atoms with Crippen LogP contribution in [0.1, 0.15) is 24.8 Å². The van der Waals surface area contributed by atoms with E-state index in [4.69, 9.17) is 0 Å². The van der Waals surface area contributed by atoms with Crippen molar-refractivity contribution < 1.29 is 0 Å². The maximum absolute atomic E-state index is 2.38. The largest absolute Gasteiger partial charge is 0.0763 e. The Morgan fingerprint density at radius 2 is 2.00 bits per heavy atom. The minimum atomic E-state index is 1.26. The van der Waals surface area contributed by atoms with Gasteiger partial charge in [-0.25, -0.2) is 0 Å². The van der Waals surface area contributed by atoms with Gasteiger partial charge in [-0.3, -0.25) is 0 Å². The van der Waals surface area contributed by atoms with Gasteiger partial charge in [0.1, 0.15) is 0 Å². The maximum Gasteiger partial charge on any atom is -0.0163 e. The Morgan fingerprint density at radius 3 is 3.00 bits per heavy atom. The van der Waals surface area contributed by atoms with Crippen LogP contribution < -0.4 is 10.4 Å². The molecular formula is C12H12. The van der Waals surface area contributed by atoms with Crippen LogP contribution in [0.15, 0.2) is 18.2 Å². The van der Waals surface area contributed by atoms with E-state index in [2.05, 4.69) is 24.3 Å². The first-order chi connectivity index (χ1) is 5.95. The highest BCUT2D eigenvalue weighted by atomic mass is 14.2. The normalized spacial score (nSPS) is 18.8. The molecule has 2 aliphatic rings. The SMILES string of the molecule is C1=c2cccc3c2=C(CC1)CC3. The minimum absolute atomic E-state index is 1.26. The fraction of sp³-hybridized carbons (Fsp3) is 0.333. The van der Waals surface area contributed by atoms with Crippen molar-refractivity contribution in [3.63, 3.8) is 0 Å². The molecule has 0 fully saturated rings. The van der Waals surface area contributed by atoms with Gasteiger partial charge in [0, 0.05) is 0 Å². The molecule has 0 spiro atoms. The van der Waals surface area contributed by atoms with Crippen molar-refractivity contribution in [1.29, 1.82) is 0 Å². The summed E-state index contributed by atoms with van der Waals surface area (Å²) in [5.74, 6) is 0. The predicted molar refractivity (Wildman–Crippen MR) is 51.1 cm³/mol. The molecule has 1 aromatic rings. The van der Waals surface area contributed by atoms with E-state index >= 15 is 0 Å².